The van der Waals surface area contributed by atoms with Gasteiger partial charge >= 0.3 is 0 Å². The van der Waals surface area contributed by atoms with Crippen molar-refractivity contribution in [2.75, 3.05) is 13.1 Å². The van der Waals surface area contributed by atoms with Crippen LogP contribution in [0.1, 0.15) is 51.4 Å². The zero-order valence-electron chi connectivity index (χ0n) is 10.9. The molecule has 0 radical (unpaired) electrons. The maximum Gasteiger partial charge on any atom is 0.223 e. The Morgan fingerprint density at radius 1 is 1.29 bits per heavy atom. The van der Waals surface area contributed by atoms with Crippen molar-refractivity contribution in [3.63, 3.8) is 0 Å². The van der Waals surface area contributed by atoms with E-state index in [0.29, 0.717) is 24.9 Å². The van der Waals surface area contributed by atoms with Gasteiger partial charge in [0.25, 0.3) is 0 Å². The van der Waals surface area contributed by atoms with Crippen LogP contribution < -0.4 is 5.73 Å². The highest BCUT2D eigenvalue weighted by Gasteiger charge is 2.24. The molecule has 1 rings (SSSR count). The van der Waals surface area contributed by atoms with Crippen LogP contribution in [0.3, 0.4) is 0 Å². The molecule has 1 amide bonds. The zero-order valence-corrected chi connectivity index (χ0v) is 10.9. The van der Waals surface area contributed by atoms with Crippen molar-refractivity contribution < 1.29 is 4.79 Å². The maximum absolute atomic E-state index is 12.1. The van der Waals surface area contributed by atoms with Crippen molar-refractivity contribution >= 4 is 5.91 Å². The van der Waals surface area contributed by atoms with Crippen molar-refractivity contribution in [2.45, 2.75) is 57.4 Å². The highest BCUT2D eigenvalue weighted by molar-refractivity contribution is 5.76. The number of hydrogen-bond donors (Lipinski definition) is 1. The fourth-order valence-electron chi connectivity index (χ4n) is 2.55. The lowest BCUT2D eigenvalue weighted by atomic mass is 10.1. The van der Waals surface area contributed by atoms with Crippen molar-refractivity contribution in [2.24, 2.45) is 5.73 Å². The molecule has 0 saturated heterocycles. The minimum absolute atomic E-state index is 0.300. The Morgan fingerprint density at radius 2 is 2.00 bits per heavy atom. The van der Waals surface area contributed by atoms with E-state index < -0.39 is 0 Å². The summed E-state index contributed by atoms with van der Waals surface area (Å²) in [4.78, 5) is 14.2. The summed E-state index contributed by atoms with van der Waals surface area (Å²) in [6, 6.07) is 0.468. The van der Waals surface area contributed by atoms with Gasteiger partial charge in [-0.3, -0.25) is 4.79 Å². The molecule has 2 N–H and O–H groups in total. The average Bonchev–Trinajstić information content (AvgIpc) is 2.85. The summed E-state index contributed by atoms with van der Waals surface area (Å²) in [6.07, 6.45) is 10.4. The number of rotatable bonds is 8. The first-order chi connectivity index (χ1) is 8.29. The second-order valence-electron chi connectivity index (χ2n) is 4.87. The third-order valence-corrected chi connectivity index (χ3v) is 3.51. The SMILES string of the molecule is C=CCN(C(=O)CCCCCN)C1CCCC1. The Hall–Kier alpha value is -0.830. The molecule has 0 aromatic heterocycles. The molecule has 1 aliphatic rings. The number of carbonyl (C=O) groups excluding carboxylic acids is 1. The summed E-state index contributed by atoms with van der Waals surface area (Å²) in [6.45, 7) is 5.19. The molecule has 0 aromatic rings. The molecule has 0 spiro atoms. The first kappa shape index (κ1) is 14.2. The number of hydrogen-bond acceptors (Lipinski definition) is 2. The monoisotopic (exact) mass is 238 g/mol. The summed E-state index contributed by atoms with van der Waals surface area (Å²) < 4.78 is 0. The largest absolute Gasteiger partial charge is 0.336 e. The predicted octanol–water partition coefficient (Wildman–Crippen LogP) is 2.46. The van der Waals surface area contributed by atoms with Crippen molar-refractivity contribution in [3.8, 4) is 0 Å². The highest BCUT2D eigenvalue weighted by atomic mass is 16.2. The molecule has 1 saturated carbocycles. The van der Waals surface area contributed by atoms with E-state index in [4.69, 9.17) is 5.73 Å². The molecule has 1 fully saturated rings. The summed E-state index contributed by atoms with van der Waals surface area (Å²) in [5, 5.41) is 0. The van der Waals surface area contributed by atoms with E-state index in [1.54, 1.807) is 0 Å². The van der Waals surface area contributed by atoms with Gasteiger partial charge in [-0.15, -0.1) is 6.58 Å². The normalized spacial score (nSPS) is 16.1. The molecule has 0 aliphatic heterocycles. The minimum atomic E-state index is 0.300. The van der Waals surface area contributed by atoms with Gasteiger partial charge in [0.15, 0.2) is 0 Å². The molecule has 0 heterocycles. The Bertz CT molecular complexity index is 234. The fourth-order valence-corrected chi connectivity index (χ4v) is 2.55. The van der Waals surface area contributed by atoms with Crippen LogP contribution in [-0.2, 0) is 4.79 Å². The second kappa shape index (κ2) is 8.29. The van der Waals surface area contributed by atoms with Gasteiger partial charge in [0.05, 0.1) is 0 Å². The van der Waals surface area contributed by atoms with E-state index >= 15 is 0 Å². The standard InChI is InChI=1S/C14H26N2O/c1-2-12-16(13-8-5-6-9-13)14(17)10-4-3-7-11-15/h2,13H,1,3-12,15H2. The highest BCUT2D eigenvalue weighted by Crippen LogP contribution is 2.24. The van der Waals surface area contributed by atoms with E-state index in [2.05, 4.69) is 6.58 Å². The number of amides is 1. The molecule has 17 heavy (non-hydrogen) atoms. The molecule has 0 atom stereocenters. The van der Waals surface area contributed by atoms with Crippen LogP contribution in [0.5, 0.6) is 0 Å². The first-order valence-electron chi connectivity index (χ1n) is 6.90. The number of carbonyl (C=O) groups is 1. The van der Waals surface area contributed by atoms with Crippen LogP contribution in [0, 0.1) is 0 Å². The van der Waals surface area contributed by atoms with E-state index in [9.17, 15) is 4.79 Å². The van der Waals surface area contributed by atoms with Gasteiger partial charge in [-0.1, -0.05) is 25.3 Å². The lowest BCUT2D eigenvalue weighted by molar-refractivity contribution is -0.132. The second-order valence-corrected chi connectivity index (χ2v) is 4.87. The van der Waals surface area contributed by atoms with Gasteiger partial charge in [-0.2, -0.15) is 0 Å². The van der Waals surface area contributed by atoms with Gasteiger partial charge < -0.3 is 10.6 Å². The van der Waals surface area contributed by atoms with Crippen molar-refractivity contribution in [1.29, 1.82) is 0 Å². The fraction of sp³-hybridized carbons (Fsp3) is 0.786. The first-order valence-corrected chi connectivity index (χ1v) is 6.90. The van der Waals surface area contributed by atoms with Crippen molar-refractivity contribution in [3.05, 3.63) is 12.7 Å². The van der Waals surface area contributed by atoms with E-state index in [1.165, 1.54) is 25.7 Å². The lowest BCUT2D eigenvalue weighted by Crippen LogP contribution is -2.38. The third-order valence-electron chi connectivity index (χ3n) is 3.51. The Morgan fingerprint density at radius 3 is 2.59 bits per heavy atom. The Balaban J connectivity index is 2.34. The molecule has 0 aromatic carbocycles. The summed E-state index contributed by atoms with van der Waals surface area (Å²) in [5.74, 6) is 0.300. The zero-order chi connectivity index (χ0) is 12.5. The lowest BCUT2D eigenvalue weighted by Gasteiger charge is -2.28. The van der Waals surface area contributed by atoms with E-state index in [1.807, 2.05) is 11.0 Å². The molecule has 3 nitrogen and oxygen atoms in total. The molecular weight excluding hydrogens is 212 g/mol. The number of nitrogens with zero attached hydrogens (tertiary/aromatic N) is 1. The van der Waals surface area contributed by atoms with Gasteiger partial charge in [-0.05, 0) is 32.2 Å². The molecule has 3 heteroatoms. The van der Waals surface area contributed by atoms with Crippen LogP contribution in [0.2, 0.25) is 0 Å². The topological polar surface area (TPSA) is 46.3 Å². The number of nitrogens with two attached hydrogens (primary N) is 1. The van der Waals surface area contributed by atoms with Gasteiger partial charge in [-0.25, -0.2) is 0 Å². The third kappa shape index (κ3) is 4.90. The van der Waals surface area contributed by atoms with Crippen LogP contribution in [0.4, 0.5) is 0 Å². The molecule has 0 bridgehead atoms. The van der Waals surface area contributed by atoms with E-state index in [0.717, 1.165) is 25.8 Å². The van der Waals surface area contributed by atoms with Crippen LogP contribution >= 0.6 is 0 Å². The van der Waals surface area contributed by atoms with Gasteiger partial charge in [0.2, 0.25) is 5.91 Å². The van der Waals surface area contributed by atoms with Crippen molar-refractivity contribution in [1.82, 2.24) is 4.90 Å². The number of unbranched alkanes of at least 4 members (excludes halogenated alkanes) is 2. The molecular formula is C14H26N2O. The molecule has 1 aliphatic carbocycles. The smallest absolute Gasteiger partial charge is 0.223 e. The van der Waals surface area contributed by atoms with Crippen LogP contribution in [-0.4, -0.2) is 29.9 Å². The van der Waals surface area contributed by atoms with Gasteiger partial charge in [0.1, 0.15) is 0 Å². The quantitative estimate of drug-likeness (QED) is 0.521. The minimum Gasteiger partial charge on any atom is -0.336 e. The average molecular weight is 238 g/mol. The van der Waals surface area contributed by atoms with E-state index in [-0.39, 0.29) is 0 Å². The van der Waals surface area contributed by atoms with Crippen LogP contribution in [0.15, 0.2) is 12.7 Å². The predicted molar refractivity (Wildman–Crippen MR) is 71.7 cm³/mol. The van der Waals surface area contributed by atoms with Crippen LogP contribution in [0.25, 0.3) is 0 Å². The Labute approximate surface area is 105 Å². The summed E-state index contributed by atoms with van der Waals surface area (Å²) >= 11 is 0. The summed E-state index contributed by atoms with van der Waals surface area (Å²) in [5.41, 5.74) is 5.44. The summed E-state index contributed by atoms with van der Waals surface area (Å²) in [7, 11) is 0. The molecule has 0 unspecified atom stereocenters. The Kier molecular flexibility index (Phi) is 6.94. The molecule has 98 valence electrons. The van der Waals surface area contributed by atoms with Gasteiger partial charge in [0, 0.05) is 19.0 Å². The maximum atomic E-state index is 12.1.